The largest absolute Gasteiger partial charge is 0.479 e. The first kappa shape index (κ1) is 13.6. The van der Waals surface area contributed by atoms with Gasteiger partial charge in [-0.2, -0.15) is 0 Å². The van der Waals surface area contributed by atoms with Crippen LogP contribution in [0.1, 0.15) is 20.8 Å². The fraction of sp³-hybridized carbons (Fsp3) is 0.615. The van der Waals surface area contributed by atoms with E-state index in [2.05, 4.69) is 36.0 Å². The Kier molecular flexibility index (Phi) is 4.61. The zero-order valence-corrected chi connectivity index (χ0v) is 11.6. The third-order valence-electron chi connectivity index (χ3n) is 2.94. The average Bonchev–Trinajstić information content (AvgIpc) is 2.28. The highest BCUT2D eigenvalue weighted by atomic mass is 16.5. The second-order valence-corrected chi connectivity index (χ2v) is 4.79. The van der Waals surface area contributed by atoms with Gasteiger partial charge in [0, 0.05) is 26.3 Å². The molecule has 17 heavy (non-hydrogen) atoms. The second-order valence-electron chi connectivity index (χ2n) is 4.79. The van der Waals surface area contributed by atoms with Crippen molar-refractivity contribution in [3.63, 3.8) is 0 Å². The first-order valence-corrected chi connectivity index (χ1v) is 5.94. The van der Waals surface area contributed by atoms with E-state index >= 15 is 0 Å². The van der Waals surface area contributed by atoms with Crippen molar-refractivity contribution in [1.29, 1.82) is 0 Å². The summed E-state index contributed by atoms with van der Waals surface area (Å²) in [5.41, 5.74) is 2.05. The van der Waals surface area contributed by atoms with Crippen molar-refractivity contribution in [2.75, 3.05) is 31.4 Å². The molecule has 0 aliphatic carbocycles. The zero-order valence-electron chi connectivity index (χ0n) is 11.6. The molecule has 1 N–H and O–H groups in total. The minimum Gasteiger partial charge on any atom is -0.479 e. The van der Waals surface area contributed by atoms with Crippen LogP contribution in [-0.2, 0) is 0 Å². The Hall–Kier alpha value is -1.45. The van der Waals surface area contributed by atoms with Crippen LogP contribution < -0.4 is 15.0 Å². The molecule has 1 heterocycles. The lowest BCUT2D eigenvalue weighted by molar-refractivity contribution is 0.398. The molecule has 0 saturated carbocycles. The Morgan fingerprint density at radius 1 is 1.29 bits per heavy atom. The van der Waals surface area contributed by atoms with E-state index in [1.165, 1.54) is 0 Å². The predicted octanol–water partition coefficient (Wildman–Crippen LogP) is 2.61. The second kappa shape index (κ2) is 5.75. The van der Waals surface area contributed by atoms with Gasteiger partial charge in [-0.15, -0.1) is 0 Å². The normalized spacial score (nSPS) is 12.4. The van der Waals surface area contributed by atoms with Crippen LogP contribution in [0.15, 0.2) is 12.3 Å². The molecule has 1 atom stereocenters. The molecule has 4 heteroatoms. The van der Waals surface area contributed by atoms with Crippen LogP contribution in [0.4, 0.5) is 11.4 Å². The third kappa shape index (κ3) is 3.25. The number of nitrogens with zero attached hydrogens (tertiary/aromatic N) is 2. The summed E-state index contributed by atoms with van der Waals surface area (Å²) in [7, 11) is 5.67. The molecule has 96 valence electrons. The number of hydrogen-bond donors (Lipinski definition) is 1. The molecule has 0 spiro atoms. The highest BCUT2D eigenvalue weighted by Crippen LogP contribution is 2.33. The van der Waals surface area contributed by atoms with Gasteiger partial charge in [0.25, 0.3) is 0 Å². The van der Waals surface area contributed by atoms with Crippen molar-refractivity contribution >= 4 is 11.4 Å². The van der Waals surface area contributed by atoms with Gasteiger partial charge in [-0.25, -0.2) is 4.98 Å². The standard InChI is InChI=1S/C13H23N3O/c1-9(2)10(3)15-12-11(16(4)5)7-8-14-13(12)17-6/h7-10,15H,1-6H3. The zero-order chi connectivity index (χ0) is 13.0. The van der Waals surface area contributed by atoms with E-state index < -0.39 is 0 Å². The maximum Gasteiger partial charge on any atom is 0.239 e. The highest BCUT2D eigenvalue weighted by molar-refractivity contribution is 5.74. The SMILES string of the molecule is COc1nccc(N(C)C)c1NC(C)C(C)C. The van der Waals surface area contributed by atoms with Crippen molar-refractivity contribution in [3.05, 3.63) is 12.3 Å². The van der Waals surface area contributed by atoms with Crippen molar-refractivity contribution in [3.8, 4) is 5.88 Å². The molecule has 0 amide bonds. The van der Waals surface area contributed by atoms with Crippen molar-refractivity contribution in [2.45, 2.75) is 26.8 Å². The molecule has 0 aliphatic heterocycles. The smallest absolute Gasteiger partial charge is 0.239 e. The molecule has 0 aliphatic rings. The van der Waals surface area contributed by atoms with E-state index in [1.54, 1.807) is 13.3 Å². The highest BCUT2D eigenvalue weighted by Gasteiger charge is 2.15. The quantitative estimate of drug-likeness (QED) is 0.854. The molecule has 1 aromatic heterocycles. The van der Waals surface area contributed by atoms with Crippen molar-refractivity contribution in [2.24, 2.45) is 5.92 Å². The number of anilines is 2. The summed E-state index contributed by atoms with van der Waals surface area (Å²) in [4.78, 5) is 6.30. The molecule has 4 nitrogen and oxygen atoms in total. The van der Waals surface area contributed by atoms with E-state index in [0.29, 0.717) is 17.8 Å². The number of pyridine rings is 1. The number of rotatable bonds is 5. The Balaban J connectivity index is 3.09. The van der Waals surface area contributed by atoms with Crippen LogP contribution in [0.5, 0.6) is 5.88 Å². The van der Waals surface area contributed by atoms with Gasteiger partial charge in [0.1, 0.15) is 5.69 Å². The Morgan fingerprint density at radius 2 is 1.94 bits per heavy atom. The van der Waals surface area contributed by atoms with Crippen LogP contribution in [-0.4, -0.2) is 32.2 Å². The molecular weight excluding hydrogens is 214 g/mol. The van der Waals surface area contributed by atoms with E-state index in [-0.39, 0.29) is 0 Å². The fourth-order valence-electron chi connectivity index (χ4n) is 1.49. The minimum atomic E-state index is 0.367. The summed E-state index contributed by atoms with van der Waals surface area (Å²) < 4.78 is 5.32. The molecule has 1 unspecified atom stereocenters. The summed E-state index contributed by atoms with van der Waals surface area (Å²) in [5.74, 6) is 1.19. The fourth-order valence-corrected chi connectivity index (χ4v) is 1.49. The van der Waals surface area contributed by atoms with Gasteiger partial charge in [0.15, 0.2) is 0 Å². The number of nitrogens with one attached hydrogen (secondary N) is 1. The molecule has 0 aromatic carbocycles. The monoisotopic (exact) mass is 237 g/mol. The predicted molar refractivity (Wildman–Crippen MR) is 73.0 cm³/mol. The molecule has 1 aromatic rings. The summed E-state index contributed by atoms with van der Waals surface area (Å²) in [6.07, 6.45) is 1.76. The summed E-state index contributed by atoms with van der Waals surface area (Å²) in [6.45, 7) is 6.54. The first-order valence-electron chi connectivity index (χ1n) is 5.94. The molecule has 0 bridgehead atoms. The van der Waals surface area contributed by atoms with Crippen LogP contribution in [0.2, 0.25) is 0 Å². The Labute approximate surface area is 104 Å². The van der Waals surface area contributed by atoms with Crippen LogP contribution in [0.25, 0.3) is 0 Å². The van der Waals surface area contributed by atoms with Crippen LogP contribution in [0, 0.1) is 5.92 Å². The van der Waals surface area contributed by atoms with Crippen molar-refractivity contribution in [1.82, 2.24) is 4.98 Å². The number of ether oxygens (including phenoxy) is 1. The summed E-state index contributed by atoms with van der Waals surface area (Å²) in [6, 6.07) is 2.35. The summed E-state index contributed by atoms with van der Waals surface area (Å²) >= 11 is 0. The van der Waals surface area contributed by atoms with Gasteiger partial charge < -0.3 is 15.0 Å². The van der Waals surface area contributed by atoms with Gasteiger partial charge in [-0.1, -0.05) is 13.8 Å². The van der Waals surface area contributed by atoms with Crippen LogP contribution >= 0.6 is 0 Å². The lowest BCUT2D eigenvalue weighted by Crippen LogP contribution is -2.24. The Bertz CT molecular complexity index is 364. The number of methoxy groups -OCH3 is 1. The summed E-state index contributed by atoms with van der Waals surface area (Å²) in [5, 5.41) is 3.48. The van der Waals surface area contributed by atoms with Gasteiger partial charge in [0.2, 0.25) is 5.88 Å². The minimum absolute atomic E-state index is 0.367. The topological polar surface area (TPSA) is 37.4 Å². The average molecular weight is 237 g/mol. The molecule has 0 fully saturated rings. The van der Waals surface area contributed by atoms with E-state index in [1.807, 2.05) is 20.2 Å². The van der Waals surface area contributed by atoms with E-state index in [0.717, 1.165) is 11.4 Å². The van der Waals surface area contributed by atoms with Gasteiger partial charge >= 0.3 is 0 Å². The molecule has 0 radical (unpaired) electrons. The third-order valence-corrected chi connectivity index (χ3v) is 2.94. The molecule has 1 rings (SSSR count). The first-order chi connectivity index (χ1) is 7.97. The maximum absolute atomic E-state index is 5.32. The number of hydrogen-bond acceptors (Lipinski definition) is 4. The number of aromatic nitrogens is 1. The van der Waals surface area contributed by atoms with Crippen molar-refractivity contribution < 1.29 is 4.74 Å². The lowest BCUT2D eigenvalue weighted by atomic mass is 10.1. The molecular formula is C13H23N3O. The van der Waals surface area contributed by atoms with Gasteiger partial charge in [-0.05, 0) is 18.9 Å². The maximum atomic E-state index is 5.32. The Morgan fingerprint density at radius 3 is 2.41 bits per heavy atom. The van der Waals surface area contributed by atoms with Crippen LogP contribution in [0.3, 0.4) is 0 Å². The van der Waals surface area contributed by atoms with E-state index in [9.17, 15) is 0 Å². The molecule has 0 saturated heterocycles. The lowest BCUT2D eigenvalue weighted by Gasteiger charge is -2.24. The van der Waals surface area contributed by atoms with Gasteiger partial charge in [0.05, 0.1) is 12.8 Å². The van der Waals surface area contributed by atoms with E-state index in [4.69, 9.17) is 4.74 Å². The van der Waals surface area contributed by atoms with Gasteiger partial charge in [-0.3, -0.25) is 0 Å².